The Balaban J connectivity index is 2.21. The molecule has 1 aliphatic heterocycles. The number of likely N-dealkylation sites (N-methyl/N-ethyl adjacent to an activating group) is 2. The Kier molecular flexibility index (Phi) is 7.28. The SMILES string of the molecule is CS[C@@H]1C(=O)N(C)[C@@](Cc2ccc(OCC=C(C)C)cc2)(SC)C(=O)N1C. The number of hydrogen-bond acceptors (Lipinski definition) is 5. The lowest BCUT2D eigenvalue weighted by Gasteiger charge is -2.48. The van der Waals surface area contributed by atoms with E-state index in [-0.39, 0.29) is 11.8 Å². The van der Waals surface area contributed by atoms with Crippen molar-refractivity contribution in [3.05, 3.63) is 41.5 Å². The van der Waals surface area contributed by atoms with Crippen LogP contribution in [0.3, 0.4) is 0 Å². The third-order valence-electron chi connectivity index (χ3n) is 4.76. The van der Waals surface area contributed by atoms with Crippen molar-refractivity contribution in [2.45, 2.75) is 30.5 Å². The van der Waals surface area contributed by atoms with Gasteiger partial charge in [-0.05, 0) is 50.1 Å². The number of carbonyl (C=O) groups is 2. The Bertz CT molecular complexity index is 716. The summed E-state index contributed by atoms with van der Waals surface area (Å²) in [4.78, 5) is 28.2. The van der Waals surface area contributed by atoms with Gasteiger partial charge >= 0.3 is 0 Å². The molecule has 0 saturated carbocycles. The molecule has 1 fully saturated rings. The lowest BCUT2D eigenvalue weighted by molar-refractivity contribution is -0.156. The van der Waals surface area contributed by atoms with Gasteiger partial charge in [0.25, 0.3) is 11.8 Å². The van der Waals surface area contributed by atoms with Gasteiger partial charge in [-0.25, -0.2) is 0 Å². The summed E-state index contributed by atoms with van der Waals surface area (Å²) < 4.78 is 5.69. The molecular formula is C20H28N2O3S2. The van der Waals surface area contributed by atoms with E-state index in [2.05, 4.69) is 0 Å². The molecular weight excluding hydrogens is 380 g/mol. The summed E-state index contributed by atoms with van der Waals surface area (Å²) in [7, 11) is 3.43. The molecule has 7 heteroatoms. The van der Waals surface area contributed by atoms with Crippen LogP contribution in [0.1, 0.15) is 19.4 Å². The maximum Gasteiger partial charge on any atom is 0.260 e. The van der Waals surface area contributed by atoms with Gasteiger partial charge < -0.3 is 14.5 Å². The third kappa shape index (κ3) is 4.46. The highest BCUT2D eigenvalue weighted by atomic mass is 32.2. The molecule has 2 amide bonds. The van der Waals surface area contributed by atoms with Crippen molar-refractivity contribution in [3.63, 3.8) is 0 Å². The second-order valence-electron chi connectivity index (χ2n) is 6.80. The van der Waals surface area contributed by atoms with Gasteiger partial charge in [0.15, 0.2) is 10.2 Å². The normalized spacial score (nSPS) is 22.8. The molecule has 1 saturated heterocycles. The number of amides is 2. The first-order valence-corrected chi connectivity index (χ1v) is 11.3. The van der Waals surface area contributed by atoms with Crippen LogP contribution in [0.4, 0.5) is 0 Å². The molecule has 27 heavy (non-hydrogen) atoms. The molecule has 0 N–H and O–H groups in total. The number of thioether (sulfide) groups is 2. The second-order valence-corrected chi connectivity index (χ2v) is 8.80. The summed E-state index contributed by atoms with van der Waals surface area (Å²) in [6.07, 6.45) is 6.21. The van der Waals surface area contributed by atoms with Crippen molar-refractivity contribution in [2.75, 3.05) is 33.2 Å². The van der Waals surface area contributed by atoms with Crippen LogP contribution < -0.4 is 4.74 Å². The van der Waals surface area contributed by atoms with E-state index < -0.39 is 10.2 Å². The Labute approximate surface area is 170 Å². The monoisotopic (exact) mass is 408 g/mol. The van der Waals surface area contributed by atoms with Gasteiger partial charge in [0.2, 0.25) is 0 Å². The molecule has 0 unspecified atom stereocenters. The minimum Gasteiger partial charge on any atom is -0.490 e. The third-order valence-corrected chi connectivity index (χ3v) is 6.99. The maximum atomic E-state index is 13.1. The average molecular weight is 409 g/mol. The maximum absolute atomic E-state index is 13.1. The highest BCUT2D eigenvalue weighted by Gasteiger charge is 2.53. The topological polar surface area (TPSA) is 49.9 Å². The molecule has 1 aromatic carbocycles. The van der Waals surface area contributed by atoms with Crippen molar-refractivity contribution in [1.29, 1.82) is 0 Å². The summed E-state index contributed by atoms with van der Waals surface area (Å²) in [5.41, 5.74) is 2.20. The van der Waals surface area contributed by atoms with Crippen LogP contribution in [0.25, 0.3) is 0 Å². The van der Waals surface area contributed by atoms with Crippen molar-refractivity contribution >= 4 is 35.3 Å². The lowest BCUT2D eigenvalue weighted by atomic mass is 10.0. The van der Waals surface area contributed by atoms with Crippen LogP contribution in [0.2, 0.25) is 0 Å². The largest absolute Gasteiger partial charge is 0.490 e. The Morgan fingerprint density at radius 2 is 1.81 bits per heavy atom. The van der Waals surface area contributed by atoms with Gasteiger partial charge in [0.1, 0.15) is 12.4 Å². The molecule has 5 nitrogen and oxygen atoms in total. The molecule has 0 bridgehead atoms. The van der Waals surface area contributed by atoms with Crippen molar-refractivity contribution in [1.82, 2.24) is 9.80 Å². The van der Waals surface area contributed by atoms with Crippen molar-refractivity contribution in [3.8, 4) is 5.75 Å². The Hall–Kier alpha value is -1.60. The molecule has 0 aromatic heterocycles. The van der Waals surface area contributed by atoms with E-state index in [0.717, 1.165) is 11.3 Å². The molecule has 2 rings (SSSR count). The lowest BCUT2D eigenvalue weighted by Crippen LogP contribution is -2.68. The number of piperazine rings is 1. The Morgan fingerprint density at radius 1 is 1.19 bits per heavy atom. The van der Waals surface area contributed by atoms with Gasteiger partial charge in [-0.1, -0.05) is 17.7 Å². The van der Waals surface area contributed by atoms with Crippen LogP contribution in [0.5, 0.6) is 5.75 Å². The first-order valence-electron chi connectivity index (χ1n) is 8.74. The molecule has 1 heterocycles. The molecule has 1 aromatic rings. The zero-order chi connectivity index (χ0) is 20.2. The van der Waals surface area contributed by atoms with E-state index in [0.29, 0.717) is 13.0 Å². The number of allylic oxidation sites excluding steroid dienone is 1. The average Bonchev–Trinajstić information content (AvgIpc) is 2.65. The molecule has 1 aliphatic rings. The van der Waals surface area contributed by atoms with Gasteiger partial charge in [-0.2, -0.15) is 0 Å². The smallest absolute Gasteiger partial charge is 0.260 e. The predicted octanol–water partition coefficient (Wildman–Crippen LogP) is 3.25. The van der Waals surface area contributed by atoms with E-state index in [4.69, 9.17) is 4.74 Å². The summed E-state index contributed by atoms with van der Waals surface area (Å²) >= 11 is 2.79. The highest BCUT2D eigenvalue weighted by molar-refractivity contribution is 8.01. The quantitative estimate of drug-likeness (QED) is 0.648. The van der Waals surface area contributed by atoms with E-state index >= 15 is 0 Å². The standard InChI is InChI=1S/C20H28N2O3S2/c1-14(2)11-12-25-16-9-7-15(8-10-16)13-20(27-6)19(24)21(3)18(26-5)17(23)22(20)4/h7-11,18H,12-13H2,1-6H3/t18-,20+/m1/s1. The fourth-order valence-electron chi connectivity index (χ4n) is 3.07. The first-order chi connectivity index (χ1) is 12.8. The van der Waals surface area contributed by atoms with E-state index in [9.17, 15) is 9.59 Å². The van der Waals surface area contributed by atoms with Gasteiger partial charge in [0, 0.05) is 20.5 Å². The van der Waals surface area contributed by atoms with Crippen LogP contribution in [-0.2, 0) is 16.0 Å². The van der Waals surface area contributed by atoms with Crippen LogP contribution >= 0.6 is 23.5 Å². The van der Waals surface area contributed by atoms with E-state index in [1.54, 1.807) is 23.9 Å². The molecule has 0 spiro atoms. The first kappa shape index (κ1) is 21.7. The van der Waals surface area contributed by atoms with Gasteiger partial charge in [-0.15, -0.1) is 23.5 Å². The summed E-state index contributed by atoms with van der Waals surface area (Å²) in [6.45, 7) is 4.60. The van der Waals surface area contributed by atoms with Crippen molar-refractivity contribution < 1.29 is 14.3 Å². The Morgan fingerprint density at radius 3 is 2.33 bits per heavy atom. The number of ether oxygens (including phenoxy) is 1. The zero-order valence-electron chi connectivity index (χ0n) is 16.8. The number of carbonyl (C=O) groups excluding carboxylic acids is 2. The zero-order valence-corrected chi connectivity index (χ0v) is 18.4. The fraction of sp³-hybridized carbons (Fsp3) is 0.500. The van der Waals surface area contributed by atoms with E-state index in [1.165, 1.54) is 29.1 Å². The molecule has 148 valence electrons. The summed E-state index contributed by atoms with van der Waals surface area (Å²) in [5, 5.41) is -0.464. The second kappa shape index (κ2) is 9.06. The molecule has 0 radical (unpaired) electrons. The van der Waals surface area contributed by atoms with Crippen LogP contribution in [0, 0.1) is 0 Å². The number of benzene rings is 1. The molecule has 0 aliphatic carbocycles. The van der Waals surface area contributed by atoms with Gasteiger partial charge in [-0.3, -0.25) is 9.59 Å². The van der Waals surface area contributed by atoms with Gasteiger partial charge in [0.05, 0.1) is 0 Å². The predicted molar refractivity (Wildman–Crippen MR) is 114 cm³/mol. The summed E-state index contributed by atoms with van der Waals surface area (Å²) in [6, 6.07) is 7.74. The van der Waals surface area contributed by atoms with Crippen LogP contribution in [-0.4, -0.2) is 65.1 Å². The number of rotatable bonds is 7. The van der Waals surface area contributed by atoms with Crippen molar-refractivity contribution in [2.24, 2.45) is 0 Å². The summed E-state index contributed by atoms with van der Waals surface area (Å²) in [5.74, 6) is 0.703. The minimum absolute atomic E-state index is 0.0411. The minimum atomic E-state index is -0.928. The molecule has 2 atom stereocenters. The number of nitrogens with zero attached hydrogens (tertiary/aromatic N) is 2. The van der Waals surface area contributed by atoms with Crippen LogP contribution in [0.15, 0.2) is 35.9 Å². The number of hydrogen-bond donors (Lipinski definition) is 0. The van der Waals surface area contributed by atoms with E-state index in [1.807, 2.05) is 56.7 Å². The highest BCUT2D eigenvalue weighted by Crippen LogP contribution is 2.39. The fourth-order valence-corrected chi connectivity index (χ4v) is 4.83.